The minimum atomic E-state index is -0.346. The summed E-state index contributed by atoms with van der Waals surface area (Å²) in [7, 11) is 0. The molecule has 0 saturated heterocycles. The van der Waals surface area contributed by atoms with Crippen LogP contribution in [0.15, 0.2) is 18.2 Å². The van der Waals surface area contributed by atoms with E-state index in [1.54, 1.807) is 0 Å². The summed E-state index contributed by atoms with van der Waals surface area (Å²) in [5.41, 5.74) is 8.24. The highest BCUT2D eigenvalue weighted by Gasteiger charge is 2.23. The Morgan fingerprint density at radius 1 is 1.00 bits per heavy atom. The summed E-state index contributed by atoms with van der Waals surface area (Å²) in [6.07, 6.45) is 0. The minimum Gasteiger partial charge on any atom is -0.366 e. The number of hydrogen-bond donors (Lipinski definition) is 1. The number of hydrogen-bond acceptors (Lipinski definition) is 1. The van der Waals surface area contributed by atoms with Crippen LogP contribution < -0.4 is 5.73 Å². The molecule has 0 atom stereocenters. The van der Waals surface area contributed by atoms with Gasteiger partial charge >= 0.3 is 0 Å². The molecule has 0 radical (unpaired) electrons. The third kappa shape index (κ3) is 3.09. The zero-order valence-corrected chi connectivity index (χ0v) is 11.7. The molecule has 1 amide bonds. The zero-order chi connectivity index (χ0) is 13.4. The van der Waals surface area contributed by atoms with Crippen molar-refractivity contribution in [3.63, 3.8) is 0 Å². The smallest absolute Gasteiger partial charge is 0.249 e. The topological polar surface area (TPSA) is 43.1 Å². The quantitative estimate of drug-likeness (QED) is 0.794. The second-order valence-corrected chi connectivity index (χ2v) is 6.62. The molecular formula is C15H23NO. The average Bonchev–Trinajstić information content (AvgIpc) is 2.14. The summed E-state index contributed by atoms with van der Waals surface area (Å²) in [5.74, 6) is -0.346. The van der Waals surface area contributed by atoms with E-state index in [0.717, 1.165) is 11.1 Å². The van der Waals surface area contributed by atoms with Crippen LogP contribution in [0.25, 0.3) is 0 Å². The lowest BCUT2D eigenvalue weighted by atomic mass is 9.79. The Morgan fingerprint density at radius 2 is 1.53 bits per heavy atom. The maximum Gasteiger partial charge on any atom is 0.249 e. The predicted molar refractivity (Wildman–Crippen MR) is 72.4 cm³/mol. The highest BCUT2D eigenvalue weighted by atomic mass is 16.1. The summed E-state index contributed by atoms with van der Waals surface area (Å²) < 4.78 is 0. The van der Waals surface area contributed by atoms with Crippen molar-refractivity contribution < 1.29 is 4.79 Å². The van der Waals surface area contributed by atoms with Crippen molar-refractivity contribution >= 4 is 5.91 Å². The van der Waals surface area contributed by atoms with Gasteiger partial charge in [0.1, 0.15) is 0 Å². The fraction of sp³-hybridized carbons (Fsp3) is 0.533. The Bertz CT molecular complexity index is 433. The Kier molecular flexibility index (Phi) is 3.37. The van der Waals surface area contributed by atoms with E-state index in [1.165, 1.54) is 0 Å². The average molecular weight is 233 g/mol. The van der Waals surface area contributed by atoms with Gasteiger partial charge < -0.3 is 5.73 Å². The number of nitrogens with two attached hydrogens (primary N) is 1. The molecule has 0 unspecified atom stereocenters. The van der Waals surface area contributed by atoms with Gasteiger partial charge in [-0.1, -0.05) is 53.7 Å². The molecule has 1 rings (SSSR count). The molecule has 0 heterocycles. The second kappa shape index (κ2) is 4.17. The first-order chi connectivity index (χ1) is 7.53. The van der Waals surface area contributed by atoms with Crippen molar-refractivity contribution in [2.45, 2.75) is 52.4 Å². The Morgan fingerprint density at radius 3 is 1.88 bits per heavy atom. The number of rotatable bonds is 1. The van der Waals surface area contributed by atoms with Gasteiger partial charge in [-0.15, -0.1) is 0 Å². The van der Waals surface area contributed by atoms with Gasteiger partial charge in [0.25, 0.3) is 0 Å². The van der Waals surface area contributed by atoms with Crippen molar-refractivity contribution in [1.82, 2.24) is 0 Å². The second-order valence-electron chi connectivity index (χ2n) is 6.62. The number of benzene rings is 1. The van der Waals surface area contributed by atoms with E-state index in [9.17, 15) is 4.79 Å². The van der Waals surface area contributed by atoms with Crippen LogP contribution in [0.5, 0.6) is 0 Å². The summed E-state index contributed by atoms with van der Waals surface area (Å²) in [6, 6.07) is 6.05. The van der Waals surface area contributed by atoms with Gasteiger partial charge in [0.2, 0.25) is 5.91 Å². The van der Waals surface area contributed by atoms with Crippen molar-refractivity contribution in [3.8, 4) is 0 Å². The molecule has 1 aromatic rings. The highest BCUT2D eigenvalue weighted by Crippen LogP contribution is 2.30. The lowest BCUT2D eigenvalue weighted by Crippen LogP contribution is -2.23. The first-order valence-electron chi connectivity index (χ1n) is 5.98. The van der Waals surface area contributed by atoms with Crippen molar-refractivity contribution in [2.24, 2.45) is 5.73 Å². The van der Waals surface area contributed by atoms with Crippen molar-refractivity contribution in [1.29, 1.82) is 0 Å². The molecule has 0 fully saturated rings. The molecule has 0 bridgehead atoms. The van der Waals surface area contributed by atoms with E-state index in [-0.39, 0.29) is 16.7 Å². The summed E-state index contributed by atoms with van der Waals surface area (Å²) in [5, 5.41) is 0. The highest BCUT2D eigenvalue weighted by molar-refractivity contribution is 5.95. The first-order valence-corrected chi connectivity index (χ1v) is 5.98. The third-order valence-corrected chi connectivity index (χ3v) is 2.96. The maximum absolute atomic E-state index is 11.6. The van der Waals surface area contributed by atoms with E-state index in [1.807, 2.05) is 12.1 Å². The fourth-order valence-electron chi connectivity index (χ4n) is 1.87. The van der Waals surface area contributed by atoms with Crippen molar-refractivity contribution in [3.05, 3.63) is 34.9 Å². The van der Waals surface area contributed by atoms with E-state index in [0.29, 0.717) is 5.56 Å². The number of primary amides is 1. The normalized spacial score (nSPS) is 12.6. The van der Waals surface area contributed by atoms with Crippen LogP contribution in [0.2, 0.25) is 0 Å². The van der Waals surface area contributed by atoms with Crippen LogP contribution in [-0.4, -0.2) is 5.91 Å². The van der Waals surface area contributed by atoms with Crippen molar-refractivity contribution in [2.75, 3.05) is 0 Å². The van der Waals surface area contributed by atoms with E-state index >= 15 is 0 Å². The third-order valence-electron chi connectivity index (χ3n) is 2.96. The van der Waals surface area contributed by atoms with Crippen LogP contribution >= 0.6 is 0 Å². The number of carbonyl (C=O) groups excluding carboxylic acids is 1. The van der Waals surface area contributed by atoms with Gasteiger partial charge in [-0.25, -0.2) is 0 Å². The van der Waals surface area contributed by atoms with Crippen LogP contribution in [0.1, 0.15) is 63.0 Å². The van der Waals surface area contributed by atoms with Gasteiger partial charge in [0.05, 0.1) is 0 Å². The number of amides is 1. The molecule has 0 aliphatic heterocycles. The SMILES string of the molecule is CC(C)(C)c1ccc(C(C)(C)C)c(C(N)=O)c1. The first kappa shape index (κ1) is 13.8. The van der Waals surface area contributed by atoms with Crippen LogP contribution in [-0.2, 0) is 10.8 Å². The fourth-order valence-corrected chi connectivity index (χ4v) is 1.87. The lowest BCUT2D eigenvalue weighted by molar-refractivity contribution is 0.0998. The Labute approximate surface area is 104 Å². The Hall–Kier alpha value is -1.31. The monoisotopic (exact) mass is 233 g/mol. The molecule has 2 heteroatoms. The molecule has 0 saturated carbocycles. The Balaban J connectivity index is 3.43. The molecule has 1 aromatic carbocycles. The molecular weight excluding hydrogens is 210 g/mol. The van der Waals surface area contributed by atoms with E-state index in [2.05, 4.69) is 47.6 Å². The molecule has 2 N–H and O–H groups in total. The number of carbonyl (C=O) groups is 1. The van der Waals surface area contributed by atoms with Gasteiger partial charge in [-0.3, -0.25) is 4.79 Å². The van der Waals surface area contributed by atoms with Gasteiger partial charge in [-0.05, 0) is 28.0 Å². The molecule has 0 aromatic heterocycles. The zero-order valence-electron chi connectivity index (χ0n) is 11.7. The predicted octanol–water partition coefficient (Wildman–Crippen LogP) is 3.38. The molecule has 17 heavy (non-hydrogen) atoms. The van der Waals surface area contributed by atoms with Crippen LogP contribution in [0.3, 0.4) is 0 Å². The van der Waals surface area contributed by atoms with Gasteiger partial charge in [0.15, 0.2) is 0 Å². The minimum absolute atomic E-state index is 0.0284. The van der Waals surface area contributed by atoms with Gasteiger partial charge in [0, 0.05) is 5.56 Å². The molecule has 0 aliphatic carbocycles. The molecule has 2 nitrogen and oxygen atoms in total. The lowest BCUT2D eigenvalue weighted by Gasteiger charge is -2.25. The van der Waals surface area contributed by atoms with E-state index in [4.69, 9.17) is 5.73 Å². The summed E-state index contributed by atoms with van der Waals surface area (Å²) >= 11 is 0. The molecule has 0 spiro atoms. The summed E-state index contributed by atoms with van der Waals surface area (Å²) in [4.78, 5) is 11.6. The van der Waals surface area contributed by atoms with Crippen LogP contribution in [0, 0.1) is 0 Å². The molecule has 94 valence electrons. The van der Waals surface area contributed by atoms with Crippen LogP contribution in [0.4, 0.5) is 0 Å². The standard InChI is InChI=1S/C15H23NO/c1-14(2,3)10-7-8-12(15(4,5)6)11(9-10)13(16)17/h7-9H,1-6H3,(H2,16,17). The largest absolute Gasteiger partial charge is 0.366 e. The summed E-state index contributed by atoms with van der Waals surface area (Å²) in [6.45, 7) is 12.7. The van der Waals surface area contributed by atoms with Gasteiger partial charge in [-0.2, -0.15) is 0 Å². The molecule has 0 aliphatic rings. The maximum atomic E-state index is 11.6. The van der Waals surface area contributed by atoms with E-state index < -0.39 is 0 Å².